The van der Waals surface area contributed by atoms with E-state index >= 15 is 0 Å². The largest absolute Gasteiger partial charge is 0.462 e. The van der Waals surface area contributed by atoms with Gasteiger partial charge in [0.05, 0.1) is 20.9 Å². The average molecular weight is 388 g/mol. The van der Waals surface area contributed by atoms with Crippen LogP contribution in [0.2, 0.25) is 0 Å². The molecule has 0 amide bonds. The minimum absolute atomic E-state index is 0.299. The van der Waals surface area contributed by atoms with E-state index in [0.717, 1.165) is 9.35 Å². The Morgan fingerprint density at radius 3 is 2.67 bits per heavy atom. The van der Waals surface area contributed by atoms with Gasteiger partial charge >= 0.3 is 5.97 Å². The molecule has 2 aromatic rings. The first-order valence-electron chi connectivity index (χ1n) is 6.24. The molecule has 0 saturated heterocycles. The predicted octanol–water partition coefficient (Wildman–Crippen LogP) is 4.13. The molecule has 0 saturated carbocycles. The van der Waals surface area contributed by atoms with Crippen LogP contribution in [0.15, 0.2) is 39.0 Å². The van der Waals surface area contributed by atoms with Crippen molar-refractivity contribution in [3.63, 3.8) is 0 Å². The average Bonchev–Trinajstić information content (AvgIpc) is 2.75. The minimum atomic E-state index is -1.43. The van der Waals surface area contributed by atoms with Gasteiger partial charge in [-0.05, 0) is 47.5 Å². The Balaban J connectivity index is 2.30. The summed E-state index contributed by atoms with van der Waals surface area (Å²) in [4.78, 5) is 12.7. The van der Waals surface area contributed by atoms with Gasteiger partial charge in [0, 0.05) is 0 Å². The fraction of sp³-hybridized carbons (Fsp3) is 0.214. The van der Waals surface area contributed by atoms with Crippen molar-refractivity contribution in [3.8, 4) is 0 Å². The number of esters is 1. The van der Waals surface area contributed by atoms with Crippen LogP contribution in [0.3, 0.4) is 0 Å². The van der Waals surface area contributed by atoms with Gasteiger partial charge in [0.15, 0.2) is 11.0 Å². The molecule has 0 bridgehead atoms. The Bertz CT molecular complexity index is 670. The highest BCUT2D eigenvalue weighted by atomic mass is 79.9. The van der Waals surface area contributed by atoms with Crippen LogP contribution in [-0.2, 0) is 15.7 Å². The standard InChI is InChI=1S/C14H14BrNO3S2/c1-3-19-14(17)11-9(2)12(15)20-13(11)16-21(18)10-7-5-4-6-8-10/h4-8,16H,3H2,1-2H3. The third-order valence-corrected chi connectivity index (χ3v) is 6.01. The molecule has 1 unspecified atom stereocenters. The Morgan fingerprint density at radius 1 is 1.38 bits per heavy atom. The van der Waals surface area contributed by atoms with Crippen molar-refractivity contribution >= 4 is 49.2 Å². The van der Waals surface area contributed by atoms with E-state index in [1.165, 1.54) is 11.3 Å². The second-order valence-electron chi connectivity index (χ2n) is 4.11. The molecule has 21 heavy (non-hydrogen) atoms. The molecule has 1 N–H and O–H groups in total. The van der Waals surface area contributed by atoms with Gasteiger partial charge in [-0.3, -0.25) is 4.72 Å². The second-order valence-corrected chi connectivity index (χ2v) is 7.66. The molecule has 4 nitrogen and oxygen atoms in total. The molecule has 112 valence electrons. The van der Waals surface area contributed by atoms with Crippen molar-refractivity contribution in [1.29, 1.82) is 0 Å². The van der Waals surface area contributed by atoms with Gasteiger partial charge in [-0.1, -0.05) is 18.2 Å². The van der Waals surface area contributed by atoms with E-state index in [0.29, 0.717) is 22.1 Å². The summed E-state index contributed by atoms with van der Waals surface area (Å²) in [5.74, 6) is -0.412. The van der Waals surface area contributed by atoms with E-state index in [1.807, 2.05) is 25.1 Å². The molecule has 0 aliphatic carbocycles. The summed E-state index contributed by atoms with van der Waals surface area (Å²) in [5.41, 5.74) is 1.21. The summed E-state index contributed by atoms with van der Waals surface area (Å²) in [6.07, 6.45) is 0. The molecule has 0 aliphatic rings. The zero-order valence-corrected chi connectivity index (χ0v) is 14.7. The number of carbonyl (C=O) groups is 1. The van der Waals surface area contributed by atoms with Crippen LogP contribution < -0.4 is 4.72 Å². The first-order valence-corrected chi connectivity index (χ1v) is 9.00. The van der Waals surface area contributed by atoms with Gasteiger partial charge in [-0.25, -0.2) is 9.00 Å². The van der Waals surface area contributed by atoms with Crippen LogP contribution in [-0.4, -0.2) is 16.8 Å². The summed E-state index contributed by atoms with van der Waals surface area (Å²) < 4.78 is 21.1. The van der Waals surface area contributed by atoms with Gasteiger partial charge in [0.25, 0.3) is 0 Å². The van der Waals surface area contributed by atoms with Crippen LogP contribution in [0, 0.1) is 6.92 Å². The molecule has 2 rings (SSSR count). The number of hydrogen-bond acceptors (Lipinski definition) is 4. The number of halogens is 1. The van der Waals surface area contributed by atoms with E-state index in [4.69, 9.17) is 4.74 Å². The van der Waals surface area contributed by atoms with Gasteiger partial charge in [-0.2, -0.15) is 0 Å². The summed E-state index contributed by atoms with van der Waals surface area (Å²) in [6, 6.07) is 9.02. The van der Waals surface area contributed by atoms with Gasteiger partial charge in [-0.15, -0.1) is 11.3 Å². The molecule has 1 aromatic heterocycles. The highest BCUT2D eigenvalue weighted by Gasteiger charge is 2.22. The van der Waals surface area contributed by atoms with E-state index < -0.39 is 17.0 Å². The lowest BCUT2D eigenvalue weighted by molar-refractivity contribution is 0.0527. The highest BCUT2D eigenvalue weighted by Crippen LogP contribution is 2.37. The maximum absolute atomic E-state index is 12.3. The lowest BCUT2D eigenvalue weighted by Crippen LogP contribution is -2.10. The Hall–Kier alpha value is -1.18. The molecule has 1 atom stereocenters. The zero-order valence-electron chi connectivity index (χ0n) is 11.5. The number of hydrogen-bond donors (Lipinski definition) is 1. The van der Waals surface area contributed by atoms with Crippen LogP contribution in [0.25, 0.3) is 0 Å². The maximum atomic E-state index is 12.3. The molecular formula is C14H14BrNO3S2. The molecular weight excluding hydrogens is 374 g/mol. The van der Waals surface area contributed by atoms with Gasteiger partial charge in [0.1, 0.15) is 5.00 Å². The normalized spacial score (nSPS) is 12.0. The fourth-order valence-corrected chi connectivity index (χ4v) is 4.34. The quantitative estimate of drug-likeness (QED) is 0.784. The molecule has 0 aliphatic heterocycles. The predicted molar refractivity (Wildman–Crippen MR) is 89.2 cm³/mol. The summed E-state index contributed by atoms with van der Waals surface area (Å²) in [6.45, 7) is 3.88. The monoisotopic (exact) mass is 387 g/mol. The maximum Gasteiger partial charge on any atom is 0.341 e. The topological polar surface area (TPSA) is 55.4 Å². The summed E-state index contributed by atoms with van der Waals surface area (Å²) in [7, 11) is -1.43. The zero-order chi connectivity index (χ0) is 15.4. The molecule has 7 heteroatoms. The van der Waals surface area contributed by atoms with Crippen molar-refractivity contribution in [1.82, 2.24) is 0 Å². The van der Waals surface area contributed by atoms with Crippen molar-refractivity contribution in [2.45, 2.75) is 18.7 Å². The first-order chi connectivity index (χ1) is 10.0. The Morgan fingerprint density at radius 2 is 2.05 bits per heavy atom. The number of benzene rings is 1. The number of thiophene rings is 1. The lowest BCUT2D eigenvalue weighted by atomic mass is 10.2. The van der Waals surface area contributed by atoms with Crippen molar-refractivity contribution in [2.75, 3.05) is 11.3 Å². The third-order valence-electron chi connectivity index (χ3n) is 2.71. The molecule has 0 spiro atoms. The number of nitrogens with one attached hydrogen (secondary N) is 1. The molecule has 1 heterocycles. The molecule has 1 aromatic carbocycles. The van der Waals surface area contributed by atoms with Crippen LogP contribution in [0.4, 0.5) is 5.00 Å². The van der Waals surface area contributed by atoms with E-state index in [9.17, 15) is 9.00 Å². The van der Waals surface area contributed by atoms with E-state index in [-0.39, 0.29) is 0 Å². The smallest absolute Gasteiger partial charge is 0.341 e. The molecule has 0 fully saturated rings. The fourth-order valence-electron chi connectivity index (χ4n) is 1.69. The Kier molecular flexibility index (Phi) is 5.55. The van der Waals surface area contributed by atoms with Crippen LogP contribution in [0.5, 0.6) is 0 Å². The second kappa shape index (κ2) is 7.20. The van der Waals surface area contributed by atoms with Gasteiger partial charge < -0.3 is 4.74 Å². The number of rotatable bonds is 5. The van der Waals surface area contributed by atoms with E-state index in [2.05, 4.69) is 20.7 Å². The lowest BCUT2D eigenvalue weighted by Gasteiger charge is -2.07. The molecule has 0 radical (unpaired) electrons. The number of ether oxygens (including phenoxy) is 1. The number of anilines is 1. The number of carbonyl (C=O) groups excluding carboxylic acids is 1. The highest BCUT2D eigenvalue weighted by molar-refractivity contribution is 9.11. The summed E-state index contributed by atoms with van der Waals surface area (Å²) >= 11 is 4.73. The van der Waals surface area contributed by atoms with Crippen LogP contribution >= 0.6 is 27.3 Å². The Labute approximate surface area is 138 Å². The van der Waals surface area contributed by atoms with Crippen molar-refractivity contribution in [2.24, 2.45) is 0 Å². The SMILES string of the molecule is CCOC(=O)c1c(NS(=O)c2ccccc2)sc(Br)c1C. The van der Waals surface area contributed by atoms with Crippen LogP contribution in [0.1, 0.15) is 22.8 Å². The van der Waals surface area contributed by atoms with E-state index in [1.54, 1.807) is 19.1 Å². The van der Waals surface area contributed by atoms with Crippen molar-refractivity contribution in [3.05, 3.63) is 45.2 Å². The first kappa shape index (κ1) is 16.2. The van der Waals surface area contributed by atoms with Gasteiger partial charge in [0.2, 0.25) is 0 Å². The summed E-state index contributed by atoms with van der Waals surface area (Å²) in [5, 5.41) is 0.542. The third kappa shape index (κ3) is 3.72. The minimum Gasteiger partial charge on any atom is -0.462 e. The van der Waals surface area contributed by atoms with Crippen molar-refractivity contribution < 1.29 is 13.7 Å².